The lowest BCUT2D eigenvalue weighted by atomic mass is 9.83. The van der Waals surface area contributed by atoms with Gasteiger partial charge in [-0.25, -0.2) is 10.1 Å². The van der Waals surface area contributed by atoms with Crippen molar-refractivity contribution >= 4 is 17.4 Å². The first-order valence-corrected chi connectivity index (χ1v) is 9.05. The van der Waals surface area contributed by atoms with Gasteiger partial charge in [0.2, 0.25) is 11.6 Å². The van der Waals surface area contributed by atoms with Gasteiger partial charge < -0.3 is 5.73 Å². The van der Waals surface area contributed by atoms with Gasteiger partial charge in [-0.2, -0.15) is 9.78 Å². The summed E-state index contributed by atoms with van der Waals surface area (Å²) in [6.45, 7) is 1.67. The van der Waals surface area contributed by atoms with Crippen LogP contribution in [0.4, 0.5) is 5.82 Å². The fourth-order valence-corrected chi connectivity index (χ4v) is 3.41. The summed E-state index contributed by atoms with van der Waals surface area (Å²) in [5.41, 5.74) is 11.2. The lowest BCUT2D eigenvalue weighted by molar-refractivity contribution is 0.0946. The molecule has 1 saturated carbocycles. The molecule has 10 heteroatoms. The number of carbonyl (C=O) groups is 1. The van der Waals surface area contributed by atoms with Gasteiger partial charge in [0, 0.05) is 5.71 Å². The number of nitrogens with one attached hydrogen (secondary N) is 1. The van der Waals surface area contributed by atoms with Gasteiger partial charge in [-0.05, 0) is 54.4 Å². The van der Waals surface area contributed by atoms with Gasteiger partial charge in [0.25, 0.3) is 5.91 Å². The van der Waals surface area contributed by atoms with Gasteiger partial charge in [-0.3, -0.25) is 4.79 Å². The number of nitrogen functional groups attached to an aromatic ring is 1. The summed E-state index contributed by atoms with van der Waals surface area (Å²) in [7, 11) is 0. The molecule has 3 N–H and O–H groups in total. The van der Waals surface area contributed by atoms with E-state index in [4.69, 9.17) is 5.73 Å². The van der Waals surface area contributed by atoms with Crippen molar-refractivity contribution in [1.29, 1.82) is 0 Å². The van der Waals surface area contributed by atoms with E-state index in [0.29, 0.717) is 11.6 Å². The molecule has 1 aromatic carbocycles. The molecule has 0 unspecified atom stereocenters. The van der Waals surface area contributed by atoms with Crippen LogP contribution in [0.15, 0.2) is 40.1 Å². The van der Waals surface area contributed by atoms with E-state index in [1.165, 1.54) is 10.2 Å². The lowest BCUT2D eigenvalue weighted by Gasteiger charge is -2.23. The summed E-state index contributed by atoms with van der Waals surface area (Å²) in [6.07, 6.45) is 3.71. The van der Waals surface area contributed by atoms with Crippen LogP contribution in [0.2, 0.25) is 0 Å². The summed E-state index contributed by atoms with van der Waals surface area (Å²) in [5.74, 6) is 0.222. The summed E-state index contributed by atoms with van der Waals surface area (Å²) in [6, 6.07) is 10.5. The second kappa shape index (κ2) is 7.59. The van der Waals surface area contributed by atoms with Crippen molar-refractivity contribution in [3.8, 4) is 5.82 Å². The zero-order valence-electron chi connectivity index (χ0n) is 15.4. The van der Waals surface area contributed by atoms with Crippen LogP contribution in [-0.4, -0.2) is 36.9 Å². The van der Waals surface area contributed by atoms with Crippen LogP contribution < -0.4 is 11.2 Å². The lowest BCUT2D eigenvalue weighted by Crippen LogP contribution is -2.25. The molecule has 1 aliphatic carbocycles. The molecule has 2 heterocycles. The highest BCUT2D eigenvalue weighted by Gasteiger charge is 2.24. The summed E-state index contributed by atoms with van der Waals surface area (Å²) >= 11 is 0. The molecule has 1 amide bonds. The van der Waals surface area contributed by atoms with E-state index in [2.05, 4.69) is 60.0 Å². The third-order valence-electron chi connectivity index (χ3n) is 4.90. The first kappa shape index (κ1) is 17.8. The number of hydrogen-bond donors (Lipinski definition) is 2. The quantitative estimate of drug-likeness (QED) is 0.660. The number of rotatable bonds is 4. The SMILES string of the molecule is Cc1nnn(-c2nonc2N)c1C(=O)NN=C1CCC(c2ccccc2)CC1. The average molecular weight is 380 g/mol. The number of carbonyl (C=O) groups excluding carboxylic acids is 1. The molecule has 28 heavy (non-hydrogen) atoms. The maximum atomic E-state index is 12.6. The fraction of sp³-hybridized carbons (Fsp3) is 0.333. The van der Waals surface area contributed by atoms with Crippen molar-refractivity contribution in [1.82, 2.24) is 30.7 Å². The molecule has 2 aromatic heterocycles. The summed E-state index contributed by atoms with van der Waals surface area (Å²) < 4.78 is 5.77. The molecule has 0 radical (unpaired) electrons. The number of hydrazone groups is 1. The van der Waals surface area contributed by atoms with E-state index < -0.39 is 5.91 Å². The number of nitrogens with two attached hydrogens (primary N) is 1. The van der Waals surface area contributed by atoms with Gasteiger partial charge in [0.15, 0.2) is 5.69 Å². The molecule has 0 bridgehead atoms. The molecule has 1 aliphatic rings. The van der Waals surface area contributed by atoms with E-state index in [-0.39, 0.29) is 17.3 Å². The standard InChI is InChI=1S/C18H20N8O2/c1-11-15(26(25-20-11)17-16(19)23-28-24-17)18(27)22-21-14-9-7-13(8-10-14)12-5-3-2-4-6-12/h2-6,13H,7-10H2,1H3,(H2,19,23)(H,22,27). The number of benzene rings is 1. The van der Waals surface area contributed by atoms with E-state index in [0.717, 1.165) is 31.4 Å². The molecule has 3 aromatic rings. The van der Waals surface area contributed by atoms with Crippen molar-refractivity contribution in [2.24, 2.45) is 5.10 Å². The first-order valence-electron chi connectivity index (χ1n) is 9.05. The van der Waals surface area contributed by atoms with Crippen LogP contribution in [-0.2, 0) is 0 Å². The highest BCUT2D eigenvalue weighted by Crippen LogP contribution is 2.31. The van der Waals surface area contributed by atoms with Crippen molar-refractivity contribution in [2.45, 2.75) is 38.5 Å². The van der Waals surface area contributed by atoms with Gasteiger partial charge in [0.1, 0.15) is 0 Å². The predicted octanol–water partition coefficient (Wildman–Crippen LogP) is 1.98. The monoisotopic (exact) mass is 380 g/mol. The zero-order chi connectivity index (χ0) is 19.5. The second-order valence-electron chi connectivity index (χ2n) is 6.71. The Morgan fingerprint density at radius 3 is 2.68 bits per heavy atom. The van der Waals surface area contributed by atoms with Gasteiger partial charge in [-0.1, -0.05) is 35.5 Å². The average Bonchev–Trinajstić information content (AvgIpc) is 3.32. The normalized spacial score (nSPS) is 16.8. The van der Waals surface area contributed by atoms with E-state index in [1.807, 2.05) is 6.07 Å². The van der Waals surface area contributed by atoms with Crippen molar-refractivity contribution < 1.29 is 9.42 Å². The predicted molar refractivity (Wildman–Crippen MR) is 101 cm³/mol. The van der Waals surface area contributed by atoms with E-state index >= 15 is 0 Å². The number of aromatic nitrogens is 5. The molecule has 0 aliphatic heterocycles. The van der Waals surface area contributed by atoms with Gasteiger partial charge in [0.05, 0.1) is 5.69 Å². The molecule has 4 rings (SSSR count). The van der Waals surface area contributed by atoms with Gasteiger partial charge >= 0.3 is 0 Å². The zero-order valence-corrected chi connectivity index (χ0v) is 15.4. The third kappa shape index (κ3) is 3.48. The minimum absolute atomic E-state index is 0.0181. The van der Waals surface area contributed by atoms with Crippen LogP contribution in [0.3, 0.4) is 0 Å². The Morgan fingerprint density at radius 2 is 2.00 bits per heavy atom. The maximum Gasteiger partial charge on any atom is 0.292 e. The number of amides is 1. The van der Waals surface area contributed by atoms with Crippen LogP contribution in [0.5, 0.6) is 0 Å². The van der Waals surface area contributed by atoms with Crippen LogP contribution in [0.1, 0.15) is 53.3 Å². The van der Waals surface area contributed by atoms with Gasteiger partial charge in [-0.15, -0.1) is 5.10 Å². The van der Waals surface area contributed by atoms with Crippen molar-refractivity contribution in [3.05, 3.63) is 47.3 Å². The Hall–Kier alpha value is -3.56. The fourth-order valence-electron chi connectivity index (χ4n) is 3.41. The summed E-state index contributed by atoms with van der Waals surface area (Å²) in [4.78, 5) is 12.6. The Morgan fingerprint density at radius 1 is 1.25 bits per heavy atom. The molecule has 1 fully saturated rings. The largest absolute Gasteiger partial charge is 0.378 e. The molecule has 144 valence electrons. The summed E-state index contributed by atoms with van der Waals surface area (Å²) in [5, 5.41) is 19.3. The number of anilines is 1. The molecule has 0 spiro atoms. The minimum atomic E-state index is -0.442. The maximum absolute atomic E-state index is 12.6. The third-order valence-corrected chi connectivity index (χ3v) is 4.90. The number of nitrogens with zero attached hydrogens (tertiary/aromatic N) is 6. The van der Waals surface area contributed by atoms with Crippen LogP contribution >= 0.6 is 0 Å². The highest BCUT2D eigenvalue weighted by atomic mass is 16.6. The van der Waals surface area contributed by atoms with E-state index in [9.17, 15) is 4.79 Å². The number of hydrogen-bond acceptors (Lipinski definition) is 8. The van der Waals surface area contributed by atoms with E-state index in [1.54, 1.807) is 6.92 Å². The Balaban J connectivity index is 1.43. The Labute approximate surface area is 160 Å². The molecular formula is C18H20N8O2. The highest BCUT2D eigenvalue weighted by molar-refractivity contribution is 5.95. The number of aryl methyl sites for hydroxylation is 1. The van der Waals surface area contributed by atoms with Crippen LogP contribution in [0.25, 0.3) is 5.82 Å². The topological polar surface area (TPSA) is 137 Å². The van der Waals surface area contributed by atoms with Crippen molar-refractivity contribution in [2.75, 3.05) is 5.73 Å². The molecule has 0 saturated heterocycles. The first-order chi connectivity index (χ1) is 13.6. The molecule has 0 atom stereocenters. The minimum Gasteiger partial charge on any atom is -0.378 e. The Bertz CT molecular complexity index is 998. The Kier molecular flexibility index (Phi) is 4.83. The van der Waals surface area contributed by atoms with Crippen molar-refractivity contribution in [3.63, 3.8) is 0 Å². The smallest absolute Gasteiger partial charge is 0.292 e. The molecule has 10 nitrogen and oxygen atoms in total. The van der Waals surface area contributed by atoms with Crippen LogP contribution in [0, 0.1) is 6.92 Å². The molecular weight excluding hydrogens is 360 g/mol. The second-order valence-corrected chi connectivity index (χ2v) is 6.71.